The minimum Gasteiger partial charge on any atom is -0.354 e. The number of nitrogens with zero attached hydrogens (tertiary/aromatic N) is 4. The summed E-state index contributed by atoms with van der Waals surface area (Å²) in [5.41, 5.74) is 0.929. The molecule has 1 fully saturated rings. The van der Waals surface area contributed by atoms with Gasteiger partial charge in [-0.05, 0) is 31.4 Å². The maximum absolute atomic E-state index is 11.9. The second kappa shape index (κ2) is 13.4. The van der Waals surface area contributed by atoms with Crippen LogP contribution in [0.1, 0.15) is 31.7 Å². The number of non-ortho nitro benzene ring substituents is 1. The molecule has 0 radical (unpaired) electrons. The van der Waals surface area contributed by atoms with Crippen molar-refractivity contribution in [3.05, 3.63) is 39.9 Å². The van der Waals surface area contributed by atoms with E-state index in [-0.39, 0.29) is 42.1 Å². The number of carbonyl (C=O) groups excluding carboxylic acids is 1. The van der Waals surface area contributed by atoms with Gasteiger partial charge in [-0.1, -0.05) is 19.1 Å². The van der Waals surface area contributed by atoms with Gasteiger partial charge in [-0.3, -0.25) is 14.9 Å². The highest BCUT2D eigenvalue weighted by molar-refractivity contribution is 14.0. The number of nitro groups is 1. The Hall–Kier alpha value is -1.95. The summed E-state index contributed by atoms with van der Waals surface area (Å²) in [6, 6.07) is 6.66. The lowest BCUT2D eigenvalue weighted by molar-refractivity contribution is -0.384. The van der Waals surface area contributed by atoms with Crippen LogP contribution >= 0.6 is 24.0 Å². The van der Waals surface area contributed by atoms with Crippen molar-refractivity contribution < 1.29 is 9.72 Å². The Bertz CT molecular complexity index is 703. The van der Waals surface area contributed by atoms with Gasteiger partial charge < -0.3 is 20.4 Å². The van der Waals surface area contributed by atoms with Gasteiger partial charge in [-0.25, -0.2) is 4.99 Å². The summed E-state index contributed by atoms with van der Waals surface area (Å²) in [4.78, 5) is 30.9. The Labute approximate surface area is 195 Å². The second-order valence-corrected chi connectivity index (χ2v) is 7.49. The smallest absolute Gasteiger partial charge is 0.269 e. The molecule has 1 aromatic carbocycles. The van der Waals surface area contributed by atoms with Gasteiger partial charge in [0.05, 0.1) is 18.0 Å². The zero-order valence-corrected chi connectivity index (χ0v) is 20.3. The van der Waals surface area contributed by atoms with E-state index in [1.165, 1.54) is 17.0 Å². The predicted molar refractivity (Wildman–Crippen MR) is 129 cm³/mol. The number of halogens is 1. The summed E-state index contributed by atoms with van der Waals surface area (Å²) >= 11 is 0. The summed E-state index contributed by atoms with van der Waals surface area (Å²) < 4.78 is 0. The summed E-state index contributed by atoms with van der Waals surface area (Å²) in [5, 5.41) is 17.3. The van der Waals surface area contributed by atoms with Gasteiger partial charge in [0.15, 0.2) is 5.96 Å². The fraction of sp³-hybridized carbons (Fsp3) is 0.600. The highest BCUT2D eigenvalue weighted by Gasteiger charge is 2.19. The quantitative estimate of drug-likeness (QED) is 0.175. The number of piperidine rings is 1. The summed E-state index contributed by atoms with van der Waals surface area (Å²) in [7, 11) is 3.43. The van der Waals surface area contributed by atoms with Crippen molar-refractivity contribution in [3.63, 3.8) is 0 Å². The van der Waals surface area contributed by atoms with Crippen LogP contribution < -0.4 is 10.6 Å². The van der Waals surface area contributed by atoms with Crippen molar-refractivity contribution in [3.8, 4) is 0 Å². The van der Waals surface area contributed by atoms with Crippen LogP contribution in [0.4, 0.5) is 5.69 Å². The van der Waals surface area contributed by atoms with Gasteiger partial charge >= 0.3 is 0 Å². The molecule has 0 aliphatic carbocycles. The van der Waals surface area contributed by atoms with Gasteiger partial charge in [0.25, 0.3) is 5.69 Å². The van der Waals surface area contributed by atoms with Crippen molar-refractivity contribution in [1.82, 2.24) is 20.4 Å². The fourth-order valence-electron chi connectivity index (χ4n) is 3.17. The zero-order valence-electron chi connectivity index (χ0n) is 18.0. The maximum Gasteiger partial charge on any atom is 0.269 e. The molecular weight excluding hydrogens is 499 g/mol. The molecule has 0 saturated carbocycles. The lowest BCUT2D eigenvalue weighted by atomic mass is 10.1. The number of rotatable bonds is 8. The Kier molecular flexibility index (Phi) is 11.6. The van der Waals surface area contributed by atoms with Crippen LogP contribution in [-0.4, -0.2) is 72.9 Å². The van der Waals surface area contributed by atoms with E-state index in [0.717, 1.165) is 44.5 Å². The van der Waals surface area contributed by atoms with E-state index in [2.05, 4.69) is 27.4 Å². The van der Waals surface area contributed by atoms with Crippen LogP contribution in [0.3, 0.4) is 0 Å². The number of likely N-dealkylation sites (tertiary alicyclic amines) is 1. The molecule has 1 saturated heterocycles. The van der Waals surface area contributed by atoms with E-state index in [1.807, 2.05) is 0 Å². The molecule has 1 aromatic rings. The lowest BCUT2D eigenvalue weighted by Gasteiger charge is -2.32. The number of amides is 1. The molecule has 0 atom stereocenters. The van der Waals surface area contributed by atoms with Crippen molar-refractivity contribution >= 4 is 41.5 Å². The first kappa shape index (κ1) is 26.1. The van der Waals surface area contributed by atoms with Crippen LogP contribution in [-0.2, 0) is 11.3 Å². The lowest BCUT2D eigenvalue weighted by Crippen LogP contribution is -2.50. The number of benzene rings is 1. The summed E-state index contributed by atoms with van der Waals surface area (Å²) in [6.45, 7) is 5.96. The van der Waals surface area contributed by atoms with Crippen LogP contribution in [0, 0.1) is 10.1 Å². The molecule has 10 heteroatoms. The third kappa shape index (κ3) is 8.82. The van der Waals surface area contributed by atoms with E-state index in [1.54, 1.807) is 26.2 Å². The van der Waals surface area contributed by atoms with Crippen molar-refractivity contribution in [1.29, 1.82) is 0 Å². The third-order valence-electron chi connectivity index (χ3n) is 4.94. The highest BCUT2D eigenvalue weighted by atomic mass is 127. The van der Waals surface area contributed by atoms with Crippen molar-refractivity contribution in [2.75, 3.05) is 40.3 Å². The molecule has 9 nitrogen and oxygen atoms in total. The van der Waals surface area contributed by atoms with E-state index in [9.17, 15) is 14.9 Å². The Morgan fingerprint density at radius 1 is 1.27 bits per heavy atom. The van der Waals surface area contributed by atoms with Crippen LogP contribution in [0.2, 0.25) is 0 Å². The van der Waals surface area contributed by atoms with Gasteiger partial charge in [-0.15, -0.1) is 24.0 Å². The first-order valence-corrected chi connectivity index (χ1v) is 10.1. The topological polar surface area (TPSA) is 103 Å². The third-order valence-corrected chi connectivity index (χ3v) is 4.94. The van der Waals surface area contributed by atoms with Gasteiger partial charge in [0.2, 0.25) is 5.91 Å². The zero-order chi connectivity index (χ0) is 21.2. The van der Waals surface area contributed by atoms with Crippen LogP contribution in [0.15, 0.2) is 29.3 Å². The normalized spacial score (nSPS) is 15.2. The largest absolute Gasteiger partial charge is 0.354 e. The molecular formula is C20H33IN6O3. The molecule has 1 aliphatic heterocycles. The van der Waals surface area contributed by atoms with E-state index in [0.29, 0.717) is 18.5 Å². The number of carbonyl (C=O) groups is 1. The number of nitrogens with one attached hydrogen (secondary N) is 2. The summed E-state index contributed by atoms with van der Waals surface area (Å²) in [6.07, 6.45) is 3.22. The number of hydrogen-bond acceptors (Lipinski definition) is 5. The molecule has 1 amide bonds. The molecule has 30 heavy (non-hydrogen) atoms. The molecule has 0 spiro atoms. The Morgan fingerprint density at radius 3 is 2.43 bits per heavy atom. The minimum absolute atomic E-state index is 0. The molecule has 0 aromatic heterocycles. The standard InChI is InChI=1S/C20H32N6O3.HI/c1-4-11-25-12-9-17(10-13-25)23-20(22-15-19(27)24(2)3)21-14-16-5-7-18(8-6-16)26(28)29;/h5-8,17H,4,9-15H2,1-3H3,(H2,21,22,23);1H. The molecule has 168 valence electrons. The number of hydrogen-bond donors (Lipinski definition) is 2. The first-order valence-electron chi connectivity index (χ1n) is 10.1. The number of likely N-dealkylation sites (N-methyl/N-ethyl adjacent to an activating group) is 1. The maximum atomic E-state index is 11.9. The SMILES string of the molecule is CCCN1CCC(NC(=NCc2ccc([N+](=O)[O-])cc2)NCC(=O)N(C)C)CC1.I. The first-order chi connectivity index (χ1) is 13.9. The van der Waals surface area contributed by atoms with Gasteiger partial charge in [0, 0.05) is 45.4 Å². The molecule has 1 aliphatic rings. The average molecular weight is 532 g/mol. The number of nitro benzene ring substituents is 1. The molecule has 0 unspecified atom stereocenters. The van der Waals surface area contributed by atoms with Crippen molar-refractivity contribution in [2.45, 2.75) is 38.8 Å². The Balaban J connectivity index is 0.00000450. The molecule has 0 bridgehead atoms. The average Bonchev–Trinajstić information content (AvgIpc) is 2.71. The molecule has 2 rings (SSSR count). The molecule has 2 N–H and O–H groups in total. The van der Waals surface area contributed by atoms with E-state index >= 15 is 0 Å². The van der Waals surface area contributed by atoms with E-state index < -0.39 is 4.92 Å². The van der Waals surface area contributed by atoms with Crippen LogP contribution in [0.25, 0.3) is 0 Å². The van der Waals surface area contributed by atoms with E-state index in [4.69, 9.17) is 0 Å². The van der Waals surface area contributed by atoms with Crippen LogP contribution in [0.5, 0.6) is 0 Å². The van der Waals surface area contributed by atoms with Gasteiger partial charge in [-0.2, -0.15) is 0 Å². The number of aliphatic imine (C=N–C) groups is 1. The second-order valence-electron chi connectivity index (χ2n) is 7.49. The monoisotopic (exact) mass is 532 g/mol. The molecule has 1 heterocycles. The minimum atomic E-state index is -0.417. The Morgan fingerprint density at radius 2 is 1.90 bits per heavy atom. The van der Waals surface area contributed by atoms with Crippen molar-refractivity contribution in [2.24, 2.45) is 4.99 Å². The number of guanidine groups is 1. The fourth-order valence-corrected chi connectivity index (χ4v) is 3.17. The van der Waals surface area contributed by atoms with Gasteiger partial charge in [0.1, 0.15) is 0 Å². The highest BCUT2D eigenvalue weighted by Crippen LogP contribution is 2.13. The predicted octanol–water partition coefficient (Wildman–Crippen LogP) is 2.21. The summed E-state index contributed by atoms with van der Waals surface area (Å²) in [5.74, 6) is 0.556.